The SMILES string of the molecule is CCOC[C@@]1(C(N)=S)[C@H](S(=O)(=O)c2ccccc2)[C@@H]1c1ccc(C)cc1. The van der Waals surface area contributed by atoms with Crippen molar-refractivity contribution >= 4 is 27.0 Å². The van der Waals surface area contributed by atoms with Gasteiger partial charge in [-0.2, -0.15) is 0 Å². The molecule has 138 valence electrons. The van der Waals surface area contributed by atoms with Gasteiger partial charge in [-0.05, 0) is 31.5 Å². The van der Waals surface area contributed by atoms with E-state index in [0.717, 1.165) is 11.1 Å². The van der Waals surface area contributed by atoms with E-state index in [1.165, 1.54) is 0 Å². The fraction of sp³-hybridized carbons (Fsp3) is 0.350. The van der Waals surface area contributed by atoms with Gasteiger partial charge in [-0.1, -0.05) is 60.2 Å². The molecule has 0 saturated heterocycles. The molecule has 0 spiro atoms. The highest BCUT2D eigenvalue weighted by atomic mass is 32.2. The van der Waals surface area contributed by atoms with Crippen molar-refractivity contribution in [2.75, 3.05) is 13.2 Å². The summed E-state index contributed by atoms with van der Waals surface area (Å²) in [5, 5.41) is -0.718. The van der Waals surface area contributed by atoms with Gasteiger partial charge in [0, 0.05) is 12.5 Å². The molecule has 3 atom stereocenters. The molecule has 0 heterocycles. The topological polar surface area (TPSA) is 69.4 Å². The molecular formula is C20H23NO3S2. The standard InChI is InChI=1S/C20H23NO3S2/c1-3-24-13-20(19(21)25)17(15-11-9-14(2)10-12-15)18(20)26(22,23)16-7-5-4-6-8-16/h4-12,17-18H,3,13H2,1-2H3,(H2,21,25)/t17-,18+,20-/m0/s1. The number of ether oxygens (including phenoxy) is 1. The molecule has 1 aliphatic carbocycles. The predicted molar refractivity (Wildman–Crippen MR) is 107 cm³/mol. The van der Waals surface area contributed by atoms with E-state index in [1.54, 1.807) is 30.3 Å². The summed E-state index contributed by atoms with van der Waals surface area (Å²) in [4.78, 5) is 0.484. The lowest BCUT2D eigenvalue weighted by Gasteiger charge is -2.17. The Morgan fingerprint density at radius 1 is 1.15 bits per heavy atom. The Morgan fingerprint density at radius 2 is 1.77 bits per heavy atom. The first-order chi connectivity index (χ1) is 12.4. The van der Waals surface area contributed by atoms with E-state index >= 15 is 0 Å². The molecule has 3 rings (SSSR count). The Labute approximate surface area is 160 Å². The van der Waals surface area contributed by atoms with Crippen LogP contribution in [0.4, 0.5) is 0 Å². The van der Waals surface area contributed by atoms with Crippen molar-refractivity contribution in [2.24, 2.45) is 11.1 Å². The van der Waals surface area contributed by atoms with E-state index in [9.17, 15) is 8.42 Å². The molecule has 26 heavy (non-hydrogen) atoms. The van der Waals surface area contributed by atoms with Gasteiger partial charge in [0.15, 0.2) is 9.84 Å². The fourth-order valence-electron chi connectivity index (χ4n) is 3.67. The molecule has 2 aromatic carbocycles. The molecule has 0 aliphatic heterocycles. The Balaban J connectivity index is 2.10. The zero-order chi connectivity index (χ0) is 18.9. The van der Waals surface area contributed by atoms with Crippen LogP contribution >= 0.6 is 12.2 Å². The zero-order valence-corrected chi connectivity index (χ0v) is 16.5. The summed E-state index contributed by atoms with van der Waals surface area (Å²) >= 11 is 5.34. The van der Waals surface area contributed by atoms with Crippen molar-refractivity contribution < 1.29 is 13.2 Å². The number of rotatable bonds is 7. The van der Waals surface area contributed by atoms with Crippen molar-refractivity contribution in [2.45, 2.75) is 29.9 Å². The molecular weight excluding hydrogens is 366 g/mol. The lowest BCUT2D eigenvalue weighted by atomic mass is 9.99. The van der Waals surface area contributed by atoms with E-state index in [-0.39, 0.29) is 22.4 Å². The van der Waals surface area contributed by atoms with Crippen LogP contribution in [0.25, 0.3) is 0 Å². The minimum Gasteiger partial charge on any atom is -0.393 e. The van der Waals surface area contributed by atoms with Gasteiger partial charge in [-0.15, -0.1) is 0 Å². The summed E-state index contributed by atoms with van der Waals surface area (Å²) in [6.07, 6.45) is 0. The van der Waals surface area contributed by atoms with Crippen LogP contribution in [-0.4, -0.2) is 31.9 Å². The van der Waals surface area contributed by atoms with E-state index in [0.29, 0.717) is 6.61 Å². The maximum atomic E-state index is 13.4. The average Bonchev–Trinajstić information content (AvgIpc) is 3.33. The Hall–Kier alpha value is -1.76. The molecule has 4 nitrogen and oxygen atoms in total. The van der Waals surface area contributed by atoms with Crippen LogP contribution in [0.15, 0.2) is 59.5 Å². The summed E-state index contributed by atoms with van der Waals surface area (Å²) in [5.74, 6) is -0.308. The van der Waals surface area contributed by atoms with Crippen molar-refractivity contribution in [1.29, 1.82) is 0 Å². The normalized spacial score (nSPS) is 25.0. The molecule has 1 fully saturated rings. The van der Waals surface area contributed by atoms with Crippen molar-refractivity contribution in [1.82, 2.24) is 0 Å². The van der Waals surface area contributed by atoms with E-state index in [2.05, 4.69) is 0 Å². The van der Waals surface area contributed by atoms with Gasteiger partial charge >= 0.3 is 0 Å². The van der Waals surface area contributed by atoms with Crippen molar-refractivity contribution in [3.63, 3.8) is 0 Å². The summed E-state index contributed by atoms with van der Waals surface area (Å²) < 4.78 is 32.3. The highest BCUT2D eigenvalue weighted by Gasteiger charge is 2.73. The van der Waals surface area contributed by atoms with Crippen molar-refractivity contribution in [3.05, 3.63) is 65.7 Å². The summed E-state index contributed by atoms with van der Waals surface area (Å²) in [7, 11) is -3.60. The second-order valence-corrected chi connectivity index (χ2v) is 9.22. The van der Waals surface area contributed by atoms with Gasteiger partial charge in [0.1, 0.15) is 0 Å². The van der Waals surface area contributed by atoms with Crippen LogP contribution in [0.1, 0.15) is 24.0 Å². The largest absolute Gasteiger partial charge is 0.393 e. The molecule has 1 saturated carbocycles. The van der Waals surface area contributed by atoms with Gasteiger partial charge in [0.05, 0.1) is 27.2 Å². The first-order valence-corrected chi connectivity index (χ1v) is 10.5. The number of hydrogen-bond acceptors (Lipinski definition) is 4. The Morgan fingerprint density at radius 3 is 2.31 bits per heavy atom. The molecule has 0 radical (unpaired) electrons. The lowest BCUT2D eigenvalue weighted by Crippen LogP contribution is -2.33. The van der Waals surface area contributed by atoms with Crippen LogP contribution in [0.3, 0.4) is 0 Å². The Kier molecular flexibility index (Phi) is 5.19. The van der Waals surface area contributed by atoms with Crippen LogP contribution in [0.5, 0.6) is 0 Å². The highest BCUT2D eigenvalue weighted by molar-refractivity contribution is 7.92. The first kappa shape index (κ1) is 19.0. The fourth-order valence-corrected chi connectivity index (χ4v) is 6.46. The second-order valence-electron chi connectivity index (χ2n) is 6.71. The van der Waals surface area contributed by atoms with Crippen LogP contribution < -0.4 is 5.73 Å². The van der Waals surface area contributed by atoms with Gasteiger partial charge in [0.2, 0.25) is 0 Å². The summed E-state index contributed by atoms with van der Waals surface area (Å²) in [6, 6.07) is 16.3. The third-order valence-corrected chi connectivity index (χ3v) is 7.77. The predicted octanol–water partition coefficient (Wildman–Crippen LogP) is 3.24. The number of nitrogens with two attached hydrogens (primary N) is 1. The summed E-state index contributed by atoms with van der Waals surface area (Å²) in [5.41, 5.74) is 7.24. The smallest absolute Gasteiger partial charge is 0.182 e. The molecule has 0 aromatic heterocycles. The minimum atomic E-state index is -3.60. The number of aryl methyl sites for hydroxylation is 1. The molecule has 0 amide bonds. The van der Waals surface area contributed by atoms with E-state index in [1.807, 2.05) is 38.1 Å². The monoisotopic (exact) mass is 389 g/mol. The van der Waals surface area contributed by atoms with Crippen molar-refractivity contribution in [3.8, 4) is 0 Å². The summed E-state index contributed by atoms with van der Waals surface area (Å²) in [6.45, 7) is 4.55. The van der Waals surface area contributed by atoms with E-state index < -0.39 is 20.5 Å². The third kappa shape index (κ3) is 3.06. The van der Waals surface area contributed by atoms with E-state index in [4.69, 9.17) is 22.7 Å². The third-order valence-electron chi connectivity index (χ3n) is 5.10. The minimum absolute atomic E-state index is 0.195. The van der Waals surface area contributed by atoms with Gasteiger partial charge < -0.3 is 10.5 Å². The molecule has 2 N–H and O–H groups in total. The quantitative estimate of drug-likeness (QED) is 0.736. The Bertz CT molecular complexity index is 894. The number of benzene rings is 2. The van der Waals surface area contributed by atoms with Crippen LogP contribution in [0.2, 0.25) is 0 Å². The molecule has 0 bridgehead atoms. The highest BCUT2D eigenvalue weighted by Crippen LogP contribution is 2.64. The first-order valence-electron chi connectivity index (χ1n) is 8.59. The zero-order valence-electron chi connectivity index (χ0n) is 14.9. The number of thiocarbonyl (C=S) groups is 1. The molecule has 6 heteroatoms. The van der Waals surface area contributed by atoms with Crippen LogP contribution in [-0.2, 0) is 14.6 Å². The number of sulfone groups is 1. The lowest BCUT2D eigenvalue weighted by molar-refractivity contribution is 0.121. The average molecular weight is 390 g/mol. The second kappa shape index (κ2) is 7.10. The maximum Gasteiger partial charge on any atom is 0.182 e. The maximum absolute atomic E-state index is 13.4. The number of hydrogen-bond donors (Lipinski definition) is 1. The molecule has 1 aliphatic rings. The van der Waals surface area contributed by atoms with Crippen LogP contribution in [0, 0.1) is 12.3 Å². The van der Waals surface area contributed by atoms with Gasteiger partial charge in [0.25, 0.3) is 0 Å². The molecule has 0 unspecified atom stereocenters. The van der Waals surface area contributed by atoms with Gasteiger partial charge in [-0.3, -0.25) is 0 Å². The molecule has 2 aromatic rings. The van der Waals surface area contributed by atoms with Gasteiger partial charge in [-0.25, -0.2) is 8.42 Å².